The van der Waals surface area contributed by atoms with Crippen molar-refractivity contribution < 1.29 is 38.0 Å². The summed E-state index contributed by atoms with van der Waals surface area (Å²) in [7, 11) is 6.30. The third-order valence-electron chi connectivity index (χ3n) is 5.85. The van der Waals surface area contributed by atoms with Crippen molar-refractivity contribution in [3.63, 3.8) is 0 Å². The second-order valence-electron chi connectivity index (χ2n) is 12.8. The van der Waals surface area contributed by atoms with E-state index < -0.39 is 23.5 Å². The molecule has 0 aromatic carbocycles. The van der Waals surface area contributed by atoms with E-state index in [1.165, 1.54) is 26.6 Å². The Bertz CT molecular complexity index is 2100. The molecule has 4 heterocycles. The van der Waals surface area contributed by atoms with Gasteiger partial charge in [0.15, 0.2) is 29.2 Å². The molecule has 4 rings (SSSR count). The number of nitrogens with one attached hydrogen (secondary N) is 1. The maximum Gasteiger partial charge on any atom is 0.519 e. The number of methoxy groups -OCH3 is 3. The van der Waals surface area contributed by atoms with Crippen molar-refractivity contribution in [3.8, 4) is 17.6 Å². The fourth-order valence-corrected chi connectivity index (χ4v) is 3.55. The van der Waals surface area contributed by atoms with Gasteiger partial charge in [-0.2, -0.15) is 4.98 Å². The minimum absolute atomic E-state index is 0. The Labute approximate surface area is 390 Å². The molecule has 0 aliphatic rings. The number of hydrogen-bond donors (Lipinski definition) is 3. The minimum Gasteiger partial charge on any atom is -0.488 e. The van der Waals surface area contributed by atoms with Gasteiger partial charge >= 0.3 is 29.8 Å². The number of anilines is 3. The number of nitrogens with zero attached hydrogens (tertiary/aromatic N) is 11. The lowest BCUT2D eigenvalue weighted by Gasteiger charge is -2.20. The van der Waals surface area contributed by atoms with Gasteiger partial charge in [-0.1, -0.05) is 82.3 Å². The molecule has 0 bridgehead atoms. The van der Waals surface area contributed by atoms with Gasteiger partial charge in [0.1, 0.15) is 28.9 Å². The zero-order valence-electron chi connectivity index (χ0n) is 35.4. The van der Waals surface area contributed by atoms with Crippen LogP contribution in [0, 0.1) is 19.7 Å². The van der Waals surface area contributed by atoms with Crippen LogP contribution in [0.1, 0.15) is 104 Å². The highest BCUT2D eigenvalue weighted by atomic mass is 35.5. The number of halogens is 1. The van der Waals surface area contributed by atoms with Crippen LogP contribution in [0.2, 0.25) is 5.15 Å². The largest absolute Gasteiger partial charge is 0.519 e. The molecule has 0 saturated carbocycles. The fourth-order valence-electron chi connectivity index (χ4n) is 3.36. The average Bonchev–Trinajstić information content (AvgIpc) is 3.19. The monoisotopic (exact) mass is 933 g/mol. The normalized spacial score (nSPS) is 9.02. The van der Waals surface area contributed by atoms with E-state index in [-0.39, 0.29) is 77.3 Å². The minimum atomic E-state index is -1.06. The first-order chi connectivity index (χ1) is 28.1. The average molecular weight is 934 g/mol. The van der Waals surface area contributed by atoms with Crippen LogP contribution in [0.5, 0.6) is 17.6 Å². The Kier molecular flexibility index (Phi) is 37.5. The van der Waals surface area contributed by atoms with Gasteiger partial charge in [-0.15, -0.1) is 15.0 Å². The molecule has 362 valence electrons. The molecule has 4 aromatic heterocycles. The molecule has 0 amide bonds. The number of hydrogen-bond acceptors (Lipinski definition) is 19. The van der Waals surface area contributed by atoms with E-state index in [1.54, 1.807) is 68.1 Å². The summed E-state index contributed by atoms with van der Waals surface area (Å²) in [6.07, 6.45) is 5.40. The second kappa shape index (κ2) is 35.1. The molecular formula is C42H69ClN14O8. The fraction of sp³-hybridized carbons (Fsp3) is 0.500. The predicted molar refractivity (Wildman–Crippen MR) is 256 cm³/mol. The molecule has 23 heteroatoms. The predicted octanol–water partition coefficient (Wildman–Crippen LogP) is 10.6. The highest BCUT2D eigenvalue weighted by molar-refractivity contribution is 6.31. The zero-order valence-corrected chi connectivity index (χ0v) is 36.2. The van der Waals surface area contributed by atoms with E-state index in [4.69, 9.17) is 66.5 Å². The van der Waals surface area contributed by atoms with Crippen LogP contribution in [0.3, 0.4) is 0 Å². The number of aryl methyl sites for hydroxylation is 2. The summed E-state index contributed by atoms with van der Waals surface area (Å²) in [5.41, 5.74) is 10.9. The third kappa shape index (κ3) is 28.8. The molecule has 0 aliphatic carbocycles. The summed E-state index contributed by atoms with van der Waals surface area (Å²) in [6.45, 7) is 34.0. The molecule has 4 aromatic rings. The van der Waals surface area contributed by atoms with Gasteiger partial charge in [-0.25, -0.2) is 24.5 Å². The molecule has 0 atom stereocenters. The van der Waals surface area contributed by atoms with E-state index in [9.17, 15) is 9.59 Å². The third-order valence-corrected chi connectivity index (χ3v) is 6.11. The highest BCUT2D eigenvalue weighted by Crippen LogP contribution is 2.23. The SMILES string of the molecule is C.C.C.C.C.CC(C)(C)OC(=O)OC(=O)OC(C)(C)C.CCc1ncc(NC)nc1OC.[C-]#[N+]c1ncc(CC)nc1OC.[C-]#[N+]c1ncc(N)nc1Cl.[C-]#[N+]c1ncc(N)nc1OC. The van der Waals surface area contributed by atoms with Gasteiger partial charge in [0.2, 0.25) is 17.6 Å². The molecule has 22 nitrogen and oxygen atoms in total. The van der Waals surface area contributed by atoms with E-state index in [1.807, 2.05) is 13.8 Å². The van der Waals surface area contributed by atoms with Crippen LogP contribution in [-0.2, 0) is 27.1 Å². The van der Waals surface area contributed by atoms with Gasteiger partial charge in [0.05, 0.1) is 33.2 Å². The van der Waals surface area contributed by atoms with Gasteiger partial charge in [0.25, 0.3) is 0 Å². The van der Waals surface area contributed by atoms with Crippen LogP contribution in [-0.4, -0.2) is 91.8 Å². The topological polar surface area (TPSA) is 270 Å². The Balaban J connectivity index is -0.000000165. The molecule has 0 unspecified atom stereocenters. The first-order valence-electron chi connectivity index (χ1n) is 17.3. The molecular weight excluding hydrogens is 864 g/mol. The van der Waals surface area contributed by atoms with Crippen molar-refractivity contribution in [2.45, 2.75) is 117 Å². The summed E-state index contributed by atoms with van der Waals surface area (Å²) in [5, 5.41) is 2.95. The zero-order chi connectivity index (χ0) is 46.1. The summed E-state index contributed by atoms with van der Waals surface area (Å²) < 4.78 is 28.5. The number of carbonyl (C=O) groups is 2. The molecule has 0 radical (unpaired) electrons. The number of nitrogen functional groups attached to an aromatic ring is 2. The smallest absolute Gasteiger partial charge is 0.488 e. The Morgan fingerprint density at radius 3 is 1.42 bits per heavy atom. The summed E-state index contributed by atoms with van der Waals surface area (Å²) in [6, 6.07) is 0. The summed E-state index contributed by atoms with van der Waals surface area (Å²) in [5.74, 6) is 2.69. The van der Waals surface area contributed by atoms with Gasteiger partial charge in [-0.3, -0.25) is 4.98 Å². The Morgan fingerprint density at radius 1 is 0.631 bits per heavy atom. The standard InChI is InChI=1S/C10H18O5.C8H13N3O.C8H9N3O.C6H6N4O.C5H3ClN4.5CH4/c1-9(2,3)14-7(11)13-8(12)15-10(4,5)6;1-4-6-8(12-3)11-7(9-2)5-10-6;1-4-6-5-10-7(9-2)8(11-6)12-3;1-8-5-6(11-2)10-4(7)3-9-5;1-8-5-4(6)10-3(7)2-9-5;;;;;/h1-6H3;5H,4H2,1-3H3,(H,9,11);5H,4H2,1,3H3;3H,2H3,(H2,7,10);2H,(H2,7,10);5*1H4. The quantitative estimate of drug-likeness (QED) is 0.0921. The molecule has 0 fully saturated rings. The molecule has 0 saturated heterocycles. The van der Waals surface area contributed by atoms with Crippen molar-refractivity contribution in [2.24, 2.45) is 0 Å². The number of aromatic nitrogens is 8. The Morgan fingerprint density at radius 2 is 1.05 bits per heavy atom. The second-order valence-corrected chi connectivity index (χ2v) is 13.1. The summed E-state index contributed by atoms with van der Waals surface area (Å²) >= 11 is 5.46. The maximum atomic E-state index is 11.0. The van der Waals surface area contributed by atoms with Crippen LogP contribution in [0.25, 0.3) is 14.5 Å². The van der Waals surface area contributed by atoms with E-state index in [0.717, 1.165) is 30.0 Å². The van der Waals surface area contributed by atoms with Crippen molar-refractivity contribution in [1.82, 2.24) is 39.9 Å². The number of nitrogens with two attached hydrogens (primary N) is 2. The number of carbonyl (C=O) groups excluding carboxylic acids is 2. The highest BCUT2D eigenvalue weighted by Gasteiger charge is 2.24. The van der Waals surface area contributed by atoms with Gasteiger partial charge < -0.3 is 59.7 Å². The first-order valence-corrected chi connectivity index (χ1v) is 17.7. The maximum absolute atomic E-state index is 11.0. The van der Waals surface area contributed by atoms with Crippen LogP contribution >= 0.6 is 11.6 Å². The van der Waals surface area contributed by atoms with Crippen LogP contribution in [0.15, 0.2) is 24.8 Å². The lowest BCUT2D eigenvalue weighted by Crippen LogP contribution is -2.29. The Hall–Kier alpha value is -7.38. The lowest BCUT2D eigenvalue weighted by atomic mass is 10.2. The lowest BCUT2D eigenvalue weighted by molar-refractivity contribution is -0.0293. The molecule has 65 heavy (non-hydrogen) atoms. The van der Waals surface area contributed by atoms with E-state index in [0.29, 0.717) is 11.8 Å². The number of rotatable bonds is 6. The molecule has 0 aliphatic heterocycles. The number of ether oxygens (including phenoxy) is 6. The van der Waals surface area contributed by atoms with Crippen molar-refractivity contribution >= 4 is 58.8 Å². The van der Waals surface area contributed by atoms with Gasteiger partial charge in [-0.05, 0) is 54.4 Å². The molecule has 0 spiro atoms. The van der Waals surface area contributed by atoms with Crippen LogP contribution in [0.4, 0.5) is 44.5 Å². The summed E-state index contributed by atoms with van der Waals surface area (Å²) in [4.78, 5) is 62.3. The van der Waals surface area contributed by atoms with Gasteiger partial charge in [0, 0.05) is 7.05 Å². The van der Waals surface area contributed by atoms with E-state index >= 15 is 0 Å². The van der Waals surface area contributed by atoms with Crippen molar-refractivity contribution in [3.05, 3.63) is 75.6 Å². The van der Waals surface area contributed by atoms with Crippen molar-refractivity contribution in [2.75, 3.05) is 45.2 Å². The first kappa shape index (κ1) is 69.3. The molecule has 5 N–H and O–H groups in total. The van der Waals surface area contributed by atoms with Crippen LogP contribution < -0.4 is 31.0 Å². The van der Waals surface area contributed by atoms with E-state index in [2.05, 4.69) is 64.5 Å². The van der Waals surface area contributed by atoms with Crippen molar-refractivity contribution in [1.29, 1.82) is 0 Å².